The van der Waals surface area contributed by atoms with E-state index in [4.69, 9.17) is 4.42 Å². The Bertz CT molecular complexity index is 684. The average molecular weight is 241 g/mol. The van der Waals surface area contributed by atoms with Gasteiger partial charge in [-0.25, -0.2) is 9.97 Å². The van der Waals surface area contributed by atoms with Crippen LogP contribution in [-0.4, -0.2) is 32.7 Å². The van der Waals surface area contributed by atoms with Gasteiger partial charge >= 0.3 is 0 Å². The number of rotatable bonds is 2. The largest absolute Gasteiger partial charge is 0.461 e. The molecule has 0 radical (unpaired) electrons. The zero-order valence-electron chi connectivity index (χ0n) is 9.58. The number of aromatic nitrogens is 4. The SMILES string of the molecule is c1coc(-c2nccc3nc(C4CNC4)nn23)c1. The molecule has 0 aliphatic carbocycles. The second-order valence-corrected chi connectivity index (χ2v) is 4.34. The van der Waals surface area contributed by atoms with Crippen molar-refractivity contribution in [1.29, 1.82) is 0 Å². The van der Waals surface area contributed by atoms with E-state index in [1.54, 1.807) is 17.0 Å². The molecule has 0 bridgehead atoms. The molecule has 3 aromatic heterocycles. The molecule has 0 spiro atoms. The summed E-state index contributed by atoms with van der Waals surface area (Å²) in [6.45, 7) is 1.89. The third-order valence-electron chi connectivity index (χ3n) is 3.16. The third kappa shape index (κ3) is 1.36. The number of nitrogens with one attached hydrogen (secondary N) is 1. The van der Waals surface area contributed by atoms with Gasteiger partial charge in [-0.2, -0.15) is 4.52 Å². The highest BCUT2D eigenvalue weighted by Crippen LogP contribution is 2.21. The van der Waals surface area contributed by atoms with Gasteiger partial charge in [0, 0.05) is 31.3 Å². The predicted molar refractivity (Wildman–Crippen MR) is 64.1 cm³/mol. The second-order valence-electron chi connectivity index (χ2n) is 4.34. The summed E-state index contributed by atoms with van der Waals surface area (Å²) in [7, 11) is 0. The molecule has 18 heavy (non-hydrogen) atoms. The first-order chi connectivity index (χ1) is 8.92. The Labute approximate surface area is 103 Å². The monoisotopic (exact) mass is 241 g/mol. The van der Waals surface area contributed by atoms with Gasteiger partial charge in [0.2, 0.25) is 0 Å². The molecular formula is C12H11N5O. The van der Waals surface area contributed by atoms with Gasteiger partial charge in [-0.1, -0.05) is 0 Å². The van der Waals surface area contributed by atoms with Gasteiger partial charge in [0.15, 0.2) is 23.1 Å². The molecule has 1 aliphatic rings. The Balaban J connectivity index is 1.90. The highest BCUT2D eigenvalue weighted by Gasteiger charge is 2.24. The summed E-state index contributed by atoms with van der Waals surface area (Å²) in [6.07, 6.45) is 3.36. The molecule has 0 atom stereocenters. The van der Waals surface area contributed by atoms with Gasteiger partial charge in [-0.3, -0.25) is 0 Å². The quantitative estimate of drug-likeness (QED) is 0.727. The maximum Gasteiger partial charge on any atom is 0.198 e. The van der Waals surface area contributed by atoms with Crippen molar-refractivity contribution in [3.8, 4) is 11.6 Å². The first kappa shape index (κ1) is 9.78. The first-order valence-electron chi connectivity index (χ1n) is 5.88. The van der Waals surface area contributed by atoms with E-state index in [0.29, 0.717) is 17.5 Å². The molecule has 1 N–H and O–H groups in total. The van der Waals surface area contributed by atoms with Gasteiger partial charge in [0.25, 0.3) is 0 Å². The van der Waals surface area contributed by atoms with Gasteiger partial charge in [0.05, 0.1) is 6.26 Å². The van der Waals surface area contributed by atoms with Gasteiger partial charge in [-0.05, 0) is 12.1 Å². The fraction of sp³-hybridized carbons (Fsp3) is 0.250. The van der Waals surface area contributed by atoms with Crippen molar-refractivity contribution in [2.24, 2.45) is 0 Å². The number of nitrogens with zero attached hydrogens (tertiary/aromatic N) is 4. The Kier molecular flexibility index (Phi) is 1.98. The predicted octanol–water partition coefficient (Wildman–Crippen LogP) is 1.07. The summed E-state index contributed by atoms with van der Waals surface area (Å²) in [4.78, 5) is 8.85. The van der Waals surface area contributed by atoms with E-state index >= 15 is 0 Å². The maximum atomic E-state index is 5.37. The molecule has 0 amide bonds. The second kappa shape index (κ2) is 3.64. The van der Waals surface area contributed by atoms with Crippen molar-refractivity contribution in [2.45, 2.75) is 5.92 Å². The van der Waals surface area contributed by atoms with Crippen molar-refractivity contribution in [2.75, 3.05) is 13.1 Å². The van der Waals surface area contributed by atoms with Crippen LogP contribution in [0.25, 0.3) is 17.2 Å². The van der Waals surface area contributed by atoms with Crippen molar-refractivity contribution < 1.29 is 4.42 Å². The normalized spacial score (nSPS) is 16.0. The van der Waals surface area contributed by atoms with Crippen LogP contribution in [0.15, 0.2) is 35.1 Å². The minimum Gasteiger partial charge on any atom is -0.461 e. The van der Waals surface area contributed by atoms with Crippen LogP contribution in [0.4, 0.5) is 0 Å². The summed E-state index contributed by atoms with van der Waals surface area (Å²) in [5.74, 6) is 2.66. The number of fused-ring (bicyclic) bond motifs is 1. The Morgan fingerprint density at radius 1 is 1.33 bits per heavy atom. The van der Waals surface area contributed by atoms with E-state index in [9.17, 15) is 0 Å². The van der Waals surface area contributed by atoms with Crippen LogP contribution in [0.1, 0.15) is 11.7 Å². The van der Waals surface area contributed by atoms with Crippen LogP contribution in [0, 0.1) is 0 Å². The molecule has 1 aliphatic heterocycles. The maximum absolute atomic E-state index is 5.37. The Morgan fingerprint density at radius 3 is 3.00 bits per heavy atom. The summed E-state index contributed by atoms with van der Waals surface area (Å²) in [5, 5.41) is 7.76. The highest BCUT2D eigenvalue weighted by atomic mass is 16.3. The van der Waals surface area contributed by atoms with E-state index in [-0.39, 0.29) is 0 Å². The van der Waals surface area contributed by atoms with E-state index in [2.05, 4.69) is 20.4 Å². The lowest BCUT2D eigenvalue weighted by atomic mass is 10.0. The first-order valence-corrected chi connectivity index (χ1v) is 5.88. The summed E-state index contributed by atoms with van der Waals surface area (Å²) in [5.41, 5.74) is 0.804. The molecular weight excluding hydrogens is 230 g/mol. The van der Waals surface area contributed by atoms with Crippen molar-refractivity contribution in [3.05, 3.63) is 36.5 Å². The molecule has 6 heteroatoms. The molecule has 0 saturated carbocycles. The molecule has 90 valence electrons. The van der Waals surface area contributed by atoms with E-state index in [1.807, 2.05) is 18.2 Å². The van der Waals surface area contributed by atoms with Crippen molar-refractivity contribution >= 4 is 5.65 Å². The summed E-state index contributed by atoms with van der Waals surface area (Å²) < 4.78 is 7.12. The van der Waals surface area contributed by atoms with Crippen LogP contribution < -0.4 is 5.32 Å². The van der Waals surface area contributed by atoms with E-state index < -0.39 is 0 Å². The Hall–Kier alpha value is -2.21. The lowest BCUT2D eigenvalue weighted by molar-refractivity contribution is 0.430. The average Bonchev–Trinajstić information content (AvgIpc) is 2.94. The van der Waals surface area contributed by atoms with Crippen LogP contribution in [0.5, 0.6) is 0 Å². The van der Waals surface area contributed by atoms with Gasteiger partial charge < -0.3 is 9.73 Å². The van der Waals surface area contributed by atoms with Crippen LogP contribution in [-0.2, 0) is 0 Å². The van der Waals surface area contributed by atoms with Crippen LogP contribution >= 0.6 is 0 Å². The van der Waals surface area contributed by atoms with Crippen molar-refractivity contribution in [1.82, 2.24) is 24.9 Å². The van der Waals surface area contributed by atoms with Crippen molar-refractivity contribution in [3.63, 3.8) is 0 Å². The topological polar surface area (TPSA) is 68.2 Å². The molecule has 4 heterocycles. The van der Waals surface area contributed by atoms with Crippen LogP contribution in [0.3, 0.4) is 0 Å². The third-order valence-corrected chi connectivity index (χ3v) is 3.16. The van der Waals surface area contributed by atoms with E-state index in [0.717, 1.165) is 24.6 Å². The zero-order chi connectivity index (χ0) is 11.9. The number of hydrogen-bond donors (Lipinski definition) is 1. The molecule has 1 fully saturated rings. The van der Waals surface area contributed by atoms with Gasteiger partial charge in [-0.15, -0.1) is 5.10 Å². The molecule has 0 aromatic carbocycles. The summed E-state index contributed by atoms with van der Waals surface area (Å²) in [6, 6.07) is 5.56. The number of hydrogen-bond acceptors (Lipinski definition) is 5. The van der Waals surface area contributed by atoms with E-state index in [1.165, 1.54) is 0 Å². The minimum atomic E-state index is 0.411. The van der Waals surface area contributed by atoms with Gasteiger partial charge in [0.1, 0.15) is 0 Å². The standard InChI is InChI=1S/C12H11N5O/c1-2-9(18-5-1)12-14-4-3-10-15-11(16-17(10)12)8-6-13-7-8/h1-5,8,13H,6-7H2. The lowest BCUT2D eigenvalue weighted by Crippen LogP contribution is -2.40. The smallest absolute Gasteiger partial charge is 0.198 e. The Morgan fingerprint density at radius 2 is 2.28 bits per heavy atom. The molecule has 4 rings (SSSR count). The molecule has 0 unspecified atom stereocenters. The fourth-order valence-corrected chi connectivity index (χ4v) is 2.05. The number of furan rings is 1. The van der Waals surface area contributed by atoms with Crippen LogP contribution in [0.2, 0.25) is 0 Å². The summed E-state index contributed by atoms with van der Waals surface area (Å²) >= 11 is 0. The molecule has 1 saturated heterocycles. The fourth-order valence-electron chi connectivity index (χ4n) is 2.05. The lowest BCUT2D eigenvalue weighted by Gasteiger charge is -2.23. The molecule has 3 aromatic rings. The minimum absolute atomic E-state index is 0.411. The highest BCUT2D eigenvalue weighted by molar-refractivity contribution is 5.52. The molecule has 6 nitrogen and oxygen atoms in total. The zero-order valence-corrected chi connectivity index (χ0v) is 9.58.